The smallest absolute Gasteiger partial charge is 0.316 e. The normalized spacial score (nSPS) is 10.3. The number of unbranched alkanes of at least 4 members (excludes halogenated alkanes) is 2. The van der Waals surface area contributed by atoms with Crippen LogP contribution < -0.4 is 11.3 Å². The Morgan fingerprint density at radius 1 is 1.56 bits per heavy atom. The lowest BCUT2D eigenvalue weighted by Gasteiger charge is -2.04. The number of nitrogen functional groups attached to an aromatic ring is 1. The number of aromatic amines is 1. The maximum absolute atomic E-state index is 11.4. The quantitative estimate of drug-likeness (QED) is 0.334. The highest BCUT2D eigenvalue weighted by molar-refractivity contribution is 7.99. The Kier molecular flexibility index (Phi) is 6.27. The van der Waals surface area contributed by atoms with Gasteiger partial charge in [0, 0.05) is 6.07 Å². The molecule has 1 rings (SSSR count). The standard InChI is InChI=1S/C11H17N3O3S/c1-2-3-4-5-17-10(16)7-18-11-13-8(12)6-9(15)14-11/h6H,2-5,7H2,1H3,(H3,12,13,14,15). The van der Waals surface area contributed by atoms with Gasteiger partial charge in [-0.15, -0.1) is 0 Å². The summed E-state index contributed by atoms with van der Waals surface area (Å²) in [6, 6.07) is 1.19. The Bertz CT molecular complexity index is 447. The van der Waals surface area contributed by atoms with Gasteiger partial charge in [-0.05, 0) is 6.42 Å². The molecular weight excluding hydrogens is 254 g/mol. The van der Waals surface area contributed by atoms with E-state index < -0.39 is 0 Å². The number of rotatable bonds is 7. The van der Waals surface area contributed by atoms with Crippen molar-refractivity contribution in [2.75, 3.05) is 18.1 Å². The molecule has 0 aliphatic rings. The minimum Gasteiger partial charge on any atom is -0.465 e. The lowest BCUT2D eigenvalue weighted by Crippen LogP contribution is -2.12. The van der Waals surface area contributed by atoms with Crippen LogP contribution in [0.3, 0.4) is 0 Å². The minimum atomic E-state index is -0.332. The van der Waals surface area contributed by atoms with E-state index in [4.69, 9.17) is 10.5 Å². The number of nitrogens with one attached hydrogen (secondary N) is 1. The summed E-state index contributed by atoms with van der Waals surface area (Å²) in [5, 5.41) is 0.325. The van der Waals surface area contributed by atoms with Crippen molar-refractivity contribution in [3.8, 4) is 0 Å². The maximum Gasteiger partial charge on any atom is 0.316 e. The first-order valence-corrected chi connectivity index (χ1v) is 6.75. The highest BCUT2D eigenvalue weighted by Crippen LogP contribution is 2.12. The molecule has 0 radical (unpaired) electrons. The molecule has 0 aliphatic heterocycles. The van der Waals surface area contributed by atoms with E-state index in [-0.39, 0.29) is 23.1 Å². The number of carbonyl (C=O) groups excluding carboxylic acids is 1. The molecule has 0 saturated carbocycles. The summed E-state index contributed by atoms with van der Waals surface area (Å²) in [6.07, 6.45) is 3.01. The summed E-state index contributed by atoms with van der Waals surface area (Å²) in [6.45, 7) is 2.52. The van der Waals surface area contributed by atoms with Crippen molar-refractivity contribution in [3.05, 3.63) is 16.4 Å². The fourth-order valence-corrected chi connectivity index (χ4v) is 1.91. The molecule has 1 heterocycles. The molecule has 0 aromatic carbocycles. The molecule has 0 aliphatic carbocycles. The number of thioether (sulfide) groups is 1. The Morgan fingerprint density at radius 3 is 3.00 bits per heavy atom. The van der Waals surface area contributed by atoms with Gasteiger partial charge in [0.15, 0.2) is 5.16 Å². The van der Waals surface area contributed by atoms with Crippen molar-refractivity contribution in [1.29, 1.82) is 0 Å². The molecule has 0 atom stereocenters. The van der Waals surface area contributed by atoms with E-state index in [2.05, 4.69) is 16.9 Å². The zero-order chi connectivity index (χ0) is 13.4. The highest BCUT2D eigenvalue weighted by Gasteiger charge is 2.06. The van der Waals surface area contributed by atoms with E-state index in [1.54, 1.807) is 0 Å². The van der Waals surface area contributed by atoms with E-state index in [1.165, 1.54) is 6.07 Å². The topological polar surface area (TPSA) is 98.1 Å². The summed E-state index contributed by atoms with van der Waals surface area (Å²) in [4.78, 5) is 28.8. The molecule has 0 spiro atoms. The fraction of sp³-hybridized carbons (Fsp3) is 0.545. The first-order valence-electron chi connectivity index (χ1n) is 5.77. The zero-order valence-corrected chi connectivity index (χ0v) is 11.1. The predicted molar refractivity (Wildman–Crippen MR) is 70.5 cm³/mol. The molecule has 1 aromatic heterocycles. The van der Waals surface area contributed by atoms with Gasteiger partial charge in [-0.25, -0.2) is 4.98 Å². The van der Waals surface area contributed by atoms with E-state index in [9.17, 15) is 9.59 Å². The van der Waals surface area contributed by atoms with Gasteiger partial charge in [0.2, 0.25) is 0 Å². The van der Waals surface area contributed by atoms with Crippen LogP contribution in [0.4, 0.5) is 5.82 Å². The molecule has 7 heteroatoms. The number of nitrogens with two attached hydrogens (primary N) is 1. The number of carbonyl (C=O) groups is 1. The fourth-order valence-electron chi connectivity index (χ4n) is 1.23. The first-order chi connectivity index (χ1) is 8.61. The van der Waals surface area contributed by atoms with Crippen LogP contribution in [0.1, 0.15) is 26.2 Å². The molecule has 0 bridgehead atoms. The lowest BCUT2D eigenvalue weighted by molar-refractivity contribution is -0.140. The van der Waals surface area contributed by atoms with E-state index in [1.807, 2.05) is 0 Å². The number of anilines is 1. The van der Waals surface area contributed by atoms with Crippen LogP contribution in [0.25, 0.3) is 0 Å². The Labute approximate surface area is 109 Å². The molecule has 0 unspecified atom stereocenters. The highest BCUT2D eigenvalue weighted by atomic mass is 32.2. The van der Waals surface area contributed by atoms with Gasteiger partial charge in [0.25, 0.3) is 5.56 Å². The second kappa shape index (κ2) is 7.75. The van der Waals surface area contributed by atoms with E-state index >= 15 is 0 Å². The third kappa shape index (κ3) is 5.72. The maximum atomic E-state index is 11.4. The average Bonchev–Trinajstić information content (AvgIpc) is 2.31. The average molecular weight is 271 g/mol. The van der Waals surface area contributed by atoms with Crippen molar-refractivity contribution < 1.29 is 9.53 Å². The van der Waals surface area contributed by atoms with Gasteiger partial charge in [-0.3, -0.25) is 9.59 Å². The first kappa shape index (κ1) is 14.6. The Hall–Kier alpha value is -1.50. The number of aromatic nitrogens is 2. The molecule has 0 saturated heterocycles. The third-order valence-corrected chi connectivity index (χ3v) is 2.92. The number of esters is 1. The molecule has 6 nitrogen and oxygen atoms in total. The Balaban J connectivity index is 2.31. The summed E-state index contributed by atoms with van der Waals surface area (Å²) in [7, 11) is 0. The molecular formula is C11H17N3O3S. The Morgan fingerprint density at radius 2 is 2.33 bits per heavy atom. The summed E-state index contributed by atoms with van der Waals surface area (Å²) < 4.78 is 5.02. The van der Waals surface area contributed by atoms with Crippen LogP contribution in [0.5, 0.6) is 0 Å². The van der Waals surface area contributed by atoms with E-state index in [0.717, 1.165) is 31.0 Å². The molecule has 18 heavy (non-hydrogen) atoms. The van der Waals surface area contributed by atoms with Gasteiger partial charge < -0.3 is 15.5 Å². The number of ether oxygens (including phenoxy) is 1. The lowest BCUT2D eigenvalue weighted by atomic mass is 10.3. The van der Waals surface area contributed by atoms with Crippen LogP contribution in [0.2, 0.25) is 0 Å². The van der Waals surface area contributed by atoms with Gasteiger partial charge in [-0.2, -0.15) is 0 Å². The van der Waals surface area contributed by atoms with Crippen LogP contribution in [0.15, 0.2) is 16.0 Å². The van der Waals surface area contributed by atoms with Crippen LogP contribution in [-0.2, 0) is 9.53 Å². The number of hydrogen-bond donors (Lipinski definition) is 2. The third-order valence-electron chi connectivity index (χ3n) is 2.08. The minimum absolute atomic E-state index is 0.110. The molecule has 3 N–H and O–H groups in total. The monoisotopic (exact) mass is 271 g/mol. The second-order valence-electron chi connectivity index (χ2n) is 3.69. The number of H-pyrrole nitrogens is 1. The molecule has 0 fully saturated rings. The van der Waals surface area contributed by atoms with Gasteiger partial charge in [0.1, 0.15) is 5.82 Å². The predicted octanol–water partition coefficient (Wildman–Crippen LogP) is 1.18. The molecule has 100 valence electrons. The summed E-state index contributed by atoms with van der Waals surface area (Å²) in [5.41, 5.74) is 5.09. The summed E-state index contributed by atoms with van der Waals surface area (Å²) in [5.74, 6) is -0.0721. The van der Waals surface area contributed by atoms with Crippen molar-refractivity contribution in [1.82, 2.24) is 9.97 Å². The van der Waals surface area contributed by atoms with Crippen molar-refractivity contribution >= 4 is 23.5 Å². The zero-order valence-electron chi connectivity index (χ0n) is 10.3. The van der Waals surface area contributed by atoms with E-state index in [0.29, 0.717) is 11.8 Å². The molecule has 0 amide bonds. The van der Waals surface area contributed by atoms with Gasteiger partial charge in [0.05, 0.1) is 12.4 Å². The number of nitrogens with zero attached hydrogens (tertiary/aromatic N) is 1. The number of hydrogen-bond acceptors (Lipinski definition) is 6. The SMILES string of the molecule is CCCCCOC(=O)CSc1nc(N)cc(=O)[nH]1. The molecule has 1 aromatic rings. The van der Waals surface area contributed by atoms with Gasteiger partial charge >= 0.3 is 5.97 Å². The second-order valence-corrected chi connectivity index (χ2v) is 4.66. The summed E-state index contributed by atoms with van der Waals surface area (Å²) >= 11 is 1.10. The largest absolute Gasteiger partial charge is 0.465 e. The van der Waals surface area contributed by atoms with Crippen molar-refractivity contribution in [3.63, 3.8) is 0 Å². The van der Waals surface area contributed by atoms with Gasteiger partial charge in [-0.1, -0.05) is 31.5 Å². The van der Waals surface area contributed by atoms with Crippen LogP contribution >= 0.6 is 11.8 Å². The van der Waals surface area contributed by atoms with Crippen LogP contribution in [0, 0.1) is 0 Å². The van der Waals surface area contributed by atoms with Crippen LogP contribution in [-0.4, -0.2) is 28.3 Å². The van der Waals surface area contributed by atoms with Crippen molar-refractivity contribution in [2.45, 2.75) is 31.3 Å². The van der Waals surface area contributed by atoms with Crippen molar-refractivity contribution in [2.24, 2.45) is 0 Å².